The summed E-state index contributed by atoms with van der Waals surface area (Å²) in [5, 5.41) is 45.2. The fourth-order valence-corrected chi connectivity index (χ4v) is 10.8. The van der Waals surface area contributed by atoms with E-state index in [1.165, 1.54) is 64.2 Å². The highest BCUT2D eigenvalue weighted by molar-refractivity contribution is 5.86. The molecule has 1 saturated carbocycles. The van der Waals surface area contributed by atoms with Gasteiger partial charge in [-0.3, -0.25) is 52.7 Å². The van der Waals surface area contributed by atoms with Gasteiger partial charge in [0.05, 0.1) is 125 Å². The summed E-state index contributed by atoms with van der Waals surface area (Å²) < 4.78 is 64.0. The number of carbonyl (C=O) groups excluding carboxylic acids is 10. The van der Waals surface area contributed by atoms with Gasteiger partial charge in [-0.2, -0.15) is 0 Å². The number of aliphatic carboxylic acids is 2. The highest BCUT2D eigenvalue weighted by Crippen LogP contribution is 2.29. The molecule has 642 valence electrons. The minimum Gasteiger partial charge on any atom is -0.481 e. The summed E-state index contributed by atoms with van der Waals surface area (Å²) in [5.41, 5.74) is 0. The molecule has 1 atom stereocenters. The zero-order chi connectivity index (χ0) is 80.9. The van der Waals surface area contributed by atoms with Crippen LogP contribution in [0.3, 0.4) is 0 Å². The van der Waals surface area contributed by atoms with Gasteiger partial charge in [0.15, 0.2) is 0 Å². The van der Waals surface area contributed by atoms with E-state index >= 15 is 0 Å². The first-order valence-corrected chi connectivity index (χ1v) is 40.1. The molecule has 0 unspecified atom stereocenters. The van der Waals surface area contributed by atoms with Gasteiger partial charge in [0.2, 0.25) is 59.1 Å². The van der Waals surface area contributed by atoms with Gasteiger partial charge in [-0.1, -0.05) is 103 Å². The van der Waals surface area contributed by atoms with Crippen molar-refractivity contribution in [3.05, 3.63) is 0 Å². The summed E-state index contributed by atoms with van der Waals surface area (Å²) in [6.07, 6.45) is 23.8. The van der Waals surface area contributed by atoms with Crippen LogP contribution >= 0.6 is 0 Å². The number of nitrogens with one attached hydrogen (secondary N) is 10. The Bertz CT molecular complexity index is 2450. The monoisotopic (exact) mass is 1590 g/mol. The lowest BCUT2D eigenvalue weighted by Gasteiger charge is -2.28. The van der Waals surface area contributed by atoms with Crippen LogP contribution in [0.5, 0.6) is 0 Å². The van der Waals surface area contributed by atoms with Crippen molar-refractivity contribution < 1.29 is 125 Å². The highest BCUT2D eigenvalue weighted by Gasteiger charge is 2.30. The zero-order valence-electron chi connectivity index (χ0n) is 66.1. The number of carboxylic acids is 2. The second-order valence-corrected chi connectivity index (χ2v) is 26.6. The maximum absolute atomic E-state index is 13.0. The molecule has 0 saturated heterocycles. The van der Waals surface area contributed by atoms with Crippen molar-refractivity contribution in [2.45, 2.75) is 180 Å². The topological polar surface area (TPSA) is 476 Å². The Morgan fingerprint density at radius 2 is 0.586 bits per heavy atom. The number of carboxylic acid groups (broad SMARTS) is 2. The molecular weight excluding hydrogens is 1460 g/mol. The summed E-state index contributed by atoms with van der Waals surface area (Å²) in [7, 11) is 0. The van der Waals surface area contributed by atoms with Crippen molar-refractivity contribution in [1.82, 2.24) is 53.2 Å². The number of hydrogen-bond donors (Lipinski definition) is 12. The normalized spacial score (nSPS) is 13.5. The summed E-state index contributed by atoms with van der Waals surface area (Å²) in [5.74, 6) is -5.14. The van der Waals surface area contributed by atoms with E-state index in [1.807, 2.05) is 6.92 Å². The Kier molecular flexibility index (Phi) is 69.8. The smallest absolute Gasteiger partial charge is 0.326 e. The van der Waals surface area contributed by atoms with Crippen LogP contribution in [0.2, 0.25) is 0 Å². The molecule has 1 aliphatic carbocycles. The van der Waals surface area contributed by atoms with Crippen LogP contribution in [0.25, 0.3) is 0 Å². The van der Waals surface area contributed by atoms with Gasteiger partial charge >= 0.3 is 11.9 Å². The lowest BCUT2D eigenvalue weighted by atomic mass is 9.81. The Balaban J connectivity index is 1.87. The number of rotatable bonds is 80. The van der Waals surface area contributed by atoms with Crippen LogP contribution in [-0.2, 0) is 114 Å². The minimum absolute atomic E-state index is 0.0206. The maximum Gasteiger partial charge on any atom is 0.326 e. The number of hydrogen-bond acceptors (Lipinski definition) is 24. The highest BCUT2D eigenvalue weighted by atomic mass is 16.6. The Hall–Kier alpha value is -6.84. The van der Waals surface area contributed by atoms with Crippen molar-refractivity contribution in [3.8, 4) is 0 Å². The van der Waals surface area contributed by atoms with E-state index in [1.54, 1.807) is 0 Å². The van der Waals surface area contributed by atoms with E-state index in [4.69, 9.17) is 61.9 Å². The van der Waals surface area contributed by atoms with Crippen molar-refractivity contribution in [2.75, 3.05) is 217 Å². The number of unbranched alkanes of at least 4 members (excludes halogenated alkanes) is 16. The molecule has 1 rings (SSSR count). The van der Waals surface area contributed by atoms with Crippen molar-refractivity contribution >= 4 is 71.0 Å². The molecular formula is C75H136N10O26. The van der Waals surface area contributed by atoms with Crippen LogP contribution in [0, 0.1) is 11.8 Å². The molecule has 12 N–H and O–H groups in total. The second-order valence-electron chi connectivity index (χ2n) is 26.6. The molecule has 0 aromatic carbocycles. The third kappa shape index (κ3) is 70.7. The molecule has 0 heterocycles. The Morgan fingerprint density at radius 3 is 0.919 bits per heavy atom. The van der Waals surface area contributed by atoms with E-state index in [0.29, 0.717) is 45.5 Å². The number of amides is 10. The fourth-order valence-electron chi connectivity index (χ4n) is 10.8. The molecule has 0 bridgehead atoms. The second kappa shape index (κ2) is 75.8. The molecule has 1 fully saturated rings. The van der Waals surface area contributed by atoms with Crippen LogP contribution in [0.1, 0.15) is 174 Å². The molecule has 0 aliphatic heterocycles. The maximum atomic E-state index is 13.0. The lowest BCUT2D eigenvalue weighted by Crippen LogP contribution is -2.45. The van der Waals surface area contributed by atoms with E-state index in [0.717, 1.165) is 64.2 Å². The molecule has 36 heteroatoms. The first-order chi connectivity index (χ1) is 54.0. The Labute approximate surface area is 655 Å². The molecule has 36 nitrogen and oxygen atoms in total. The van der Waals surface area contributed by atoms with E-state index in [2.05, 4.69) is 53.2 Å². The van der Waals surface area contributed by atoms with Crippen molar-refractivity contribution in [1.29, 1.82) is 0 Å². The predicted molar refractivity (Wildman–Crippen MR) is 407 cm³/mol. The third-order valence-corrected chi connectivity index (χ3v) is 17.0. The van der Waals surface area contributed by atoms with Crippen molar-refractivity contribution in [3.63, 3.8) is 0 Å². The molecule has 0 aromatic rings. The van der Waals surface area contributed by atoms with Gasteiger partial charge in [-0.15, -0.1) is 0 Å². The molecule has 0 spiro atoms. The summed E-state index contributed by atoms with van der Waals surface area (Å²) in [6, 6.07) is -1.21. The minimum atomic E-state index is -1.22. The molecule has 111 heavy (non-hydrogen) atoms. The first kappa shape index (κ1) is 102. The number of ether oxygens (including phenoxy) is 12. The third-order valence-electron chi connectivity index (χ3n) is 17.0. The molecule has 0 aromatic heterocycles. The van der Waals surface area contributed by atoms with Crippen LogP contribution < -0.4 is 53.2 Å². The average molecular weight is 1590 g/mol. The Morgan fingerprint density at radius 1 is 0.297 bits per heavy atom. The van der Waals surface area contributed by atoms with Crippen LogP contribution in [0.4, 0.5) is 0 Å². The summed E-state index contributed by atoms with van der Waals surface area (Å²) >= 11 is 0. The van der Waals surface area contributed by atoms with E-state index < -0.39 is 29.8 Å². The van der Waals surface area contributed by atoms with E-state index in [-0.39, 0.29) is 270 Å². The largest absolute Gasteiger partial charge is 0.481 e. The van der Waals surface area contributed by atoms with E-state index in [9.17, 15) is 62.6 Å². The van der Waals surface area contributed by atoms with Gasteiger partial charge in [0, 0.05) is 77.5 Å². The average Bonchev–Trinajstić information content (AvgIpc) is 0.870. The fraction of sp³-hybridized carbons (Fsp3) is 0.840. The van der Waals surface area contributed by atoms with Crippen LogP contribution in [-0.4, -0.2) is 305 Å². The van der Waals surface area contributed by atoms with Crippen LogP contribution in [0.15, 0.2) is 0 Å². The zero-order valence-corrected chi connectivity index (χ0v) is 66.1. The molecule has 10 amide bonds. The lowest BCUT2D eigenvalue weighted by molar-refractivity contribution is -0.143. The van der Waals surface area contributed by atoms with Gasteiger partial charge in [0.25, 0.3) is 0 Å². The van der Waals surface area contributed by atoms with Crippen molar-refractivity contribution in [2.24, 2.45) is 11.8 Å². The molecule has 0 radical (unpaired) electrons. The van der Waals surface area contributed by atoms with Gasteiger partial charge < -0.3 is 120 Å². The summed E-state index contributed by atoms with van der Waals surface area (Å²) in [6.45, 7) is 6.65. The summed E-state index contributed by atoms with van der Waals surface area (Å²) in [4.78, 5) is 144. The quantitative estimate of drug-likeness (QED) is 0.0382. The van der Waals surface area contributed by atoms with Gasteiger partial charge in [-0.25, -0.2) is 4.79 Å². The number of carbonyl (C=O) groups is 12. The standard InChI is InChI=1S/C75H136N10O26/c1-2-3-28-76-67(89)55-106-47-43-102-37-31-79-70(92)58-109-50-44-104-39-33-81-69(91)57-108-49-42-101-36-30-78-66(88)54-84-72(94)60-111-52-46-105-40-34-82-71(93)59-110-51-45-103-38-32-80-68(90)56-107-48-41-100-35-29-77-65(87)27-26-63(75(98)99)85-74(97)62-24-22-61(23-25-62)53-83-64(86)20-18-16-14-12-10-8-6-4-5-7-9-11-13-15-17-19-21-73(95)96/h61-63H,2-60H2,1H3,(H,76,89)(H,77,87)(H,78,88)(H,79,92)(H,80,90)(H,81,91)(H,82,93)(H,83,86)(H,84,94)(H,85,97)(H,95,96)(H,98,99)/t61?,62?,63-/m0/s1. The predicted octanol–water partition coefficient (Wildman–Crippen LogP) is 1.29. The first-order valence-electron chi connectivity index (χ1n) is 40.1. The SMILES string of the molecule is CCCCNC(=O)COCCOCCNC(=O)COCCOCCNC(=O)COCCOCCNC(=O)CNC(=O)COCCOCCNC(=O)COCCOCCNC(=O)COCCOCCNC(=O)CC[C@H](NC(=O)C1CCC(CNC(=O)CCCCCCCCCCCCCCCCCCC(=O)O)CC1)C(=O)O. The van der Waals surface area contributed by atoms with Gasteiger partial charge in [-0.05, 0) is 57.3 Å². The van der Waals surface area contributed by atoms with Gasteiger partial charge in [0.1, 0.15) is 45.7 Å². The molecule has 1 aliphatic rings.